The van der Waals surface area contributed by atoms with Crippen molar-refractivity contribution in [3.8, 4) is 0 Å². The molecule has 2 unspecified atom stereocenters. The van der Waals surface area contributed by atoms with Crippen LogP contribution >= 0.6 is 0 Å². The van der Waals surface area contributed by atoms with E-state index < -0.39 is 0 Å². The number of hydrogen-bond acceptors (Lipinski definition) is 2. The maximum atomic E-state index is 12.5. The summed E-state index contributed by atoms with van der Waals surface area (Å²) in [6.45, 7) is 0.826. The van der Waals surface area contributed by atoms with Gasteiger partial charge in [-0.3, -0.25) is 4.79 Å². The molecule has 0 bridgehead atoms. The molecular formula is C16H26N2O2. The van der Waals surface area contributed by atoms with Crippen LogP contribution in [-0.2, 0) is 4.79 Å². The Morgan fingerprint density at radius 2 is 1.75 bits per heavy atom. The van der Waals surface area contributed by atoms with Gasteiger partial charge in [-0.05, 0) is 44.9 Å². The summed E-state index contributed by atoms with van der Waals surface area (Å²) in [5.41, 5.74) is 0. The zero-order valence-corrected chi connectivity index (χ0v) is 12.3. The lowest BCUT2D eigenvalue weighted by Gasteiger charge is -2.39. The van der Waals surface area contributed by atoms with Gasteiger partial charge in [0.05, 0.1) is 0 Å². The highest BCUT2D eigenvalue weighted by atomic mass is 16.2. The summed E-state index contributed by atoms with van der Waals surface area (Å²) in [4.78, 5) is 26.5. The number of carbonyl (C=O) groups excluding carboxylic acids is 2. The number of rotatable bonds is 2. The molecule has 20 heavy (non-hydrogen) atoms. The SMILES string of the molecule is O=C1CCCC1C1CCCCN1C(=O)NC1CCCC1. The Balaban J connectivity index is 1.64. The Morgan fingerprint density at radius 3 is 2.45 bits per heavy atom. The zero-order valence-electron chi connectivity index (χ0n) is 12.3. The molecule has 0 radical (unpaired) electrons. The quantitative estimate of drug-likeness (QED) is 0.844. The first-order valence-corrected chi connectivity index (χ1v) is 8.35. The van der Waals surface area contributed by atoms with E-state index in [1.807, 2.05) is 4.90 Å². The van der Waals surface area contributed by atoms with Gasteiger partial charge < -0.3 is 10.2 Å². The average molecular weight is 278 g/mol. The van der Waals surface area contributed by atoms with E-state index in [1.165, 1.54) is 12.8 Å². The molecule has 4 nitrogen and oxygen atoms in total. The van der Waals surface area contributed by atoms with Crippen molar-refractivity contribution in [1.82, 2.24) is 10.2 Å². The van der Waals surface area contributed by atoms with Crippen molar-refractivity contribution < 1.29 is 9.59 Å². The molecule has 2 atom stereocenters. The Morgan fingerprint density at radius 1 is 1.00 bits per heavy atom. The van der Waals surface area contributed by atoms with Crippen LogP contribution in [0.1, 0.15) is 64.2 Å². The molecule has 3 fully saturated rings. The van der Waals surface area contributed by atoms with E-state index in [1.54, 1.807) is 0 Å². The van der Waals surface area contributed by atoms with Gasteiger partial charge in [0.15, 0.2) is 0 Å². The first kappa shape index (κ1) is 13.9. The highest BCUT2D eigenvalue weighted by molar-refractivity contribution is 5.84. The van der Waals surface area contributed by atoms with Crippen LogP contribution in [0, 0.1) is 5.92 Å². The number of amides is 2. The number of piperidine rings is 1. The molecule has 0 aromatic rings. The fourth-order valence-electron chi connectivity index (χ4n) is 4.21. The molecule has 3 aliphatic rings. The number of nitrogens with one attached hydrogen (secondary N) is 1. The monoisotopic (exact) mass is 278 g/mol. The van der Waals surface area contributed by atoms with Crippen LogP contribution in [0.2, 0.25) is 0 Å². The number of carbonyl (C=O) groups is 2. The van der Waals surface area contributed by atoms with Gasteiger partial charge in [-0.2, -0.15) is 0 Å². The molecule has 0 spiro atoms. The van der Waals surface area contributed by atoms with Crippen LogP contribution < -0.4 is 5.32 Å². The molecule has 3 rings (SSSR count). The van der Waals surface area contributed by atoms with Crippen molar-refractivity contribution in [3.63, 3.8) is 0 Å². The molecule has 2 amide bonds. The van der Waals surface area contributed by atoms with E-state index >= 15 is 0 Å². The van der Waals surface area contributed by atoms with Gasteiger partial charge in [-0.25, -0.2) is 4.79 Å². The predicted octanol–water partition coefficient (Wildman–Crippen LogP) is 2.86. The second kappa shape index (κ2) is 6.15. The number of ketones is 1. The molecule has 1 N–H and O–H groups in total. The third-order valence-corrected chi connectivity index (χ3v) is 5.31. The van der Waals surface area contributed by atoms with Crippen molar-refractivity contribution in [3.05, 3.63) is 0 Å². The lowest BCUT2D eigenvalue weighted by Crippen LogP contribution is -2.53. The second-order valence-corrected chi connectivity index (χ2v) is 6.65. The van der Waals surface area contributed by atoms with E-state index in [4.69, 9.17) is 0 Å². The number of hydrogen-bond donors (Lipinski definition) is 1. The summed E-state index contributed by atoms with van der Waals surface area (Å²) in [5.74, 6) is 0.500. The Kier molecular flexibility index (Phi) is 4.27. The van der Waals surface area contributed by atoms with Crippen molar-refractivity contribution >= 4 is 11.8 Å². The highest BCUT2D eigenvalue weighted by Crippen LogP contribution is 2.32. The van der Waals surface area contributed by atoms with E-state index in [0.29, 0.717) is 11.8 Å². The van der Waals surface area contributed by atoms with Crippen LogP contribution in [0.15, 0.2) is 0 Å². The molecule has 1 saturated heterocycles. The minimum absolute atomic E-state index is 0.0845. The maximum Gasteiger partial charge on any atom is 0.317 e. The average Bonchev–Trinajstić information content (AvgIpc) is 3.10. The predicted molar refractivity (Wildman–Crippen MR) is 77.5 cm³/mol. The molecule has 1 aliphatic heterocycles. The Labute approximate surface area is 121 Å². The molecular weight excluding hydrogens is 252 g/mol. The molecule has 112 valence electrons. The van der Waals surface area contributed by atoms with Crippen molar-refractivity contribution in [1.29, 1.82) is 0 Å². The smallest absolute Gasteiger partial charge is 0.317 e. The van der Waals surface area contributed by atoms with Crippen molar-refractivity contribution in [2.75, 3.05) is 6.54 Å². The maximum absolute atomic E-state index is 12.5. The van der Waals surface area contributed by atoms with E-state index in [2.05, 4.69) is 5.32 Å². The fraction of sp³-hybridized carbons (Fsp3) is 0.875. The largest absolute Gasteiger partial charge is 0.335 e. The molecule has 0 aromatic heterocycles. The summed E-state index contributed by atoms with van der Waals surface area (Å²) >= 11 is 0. The molecule has 2 aliphatic carbocycles. The highest BCUT2D eigenvalue weighted by Gasteiger charge is 2.39. The standard InChI is InChI=1S/C16H26N2O2/c19-15-10-5-8-13(15)14-9-3-4-11-18(14)16(20)17-12-6-1-2-7-12/h12-14H,1-11H2,(H,17,20). The van der Waals surface area contributed by atoms with Crippen LogP contribution in [0.25, 0.3) is 0 Å². The number of Topliss-reactive ketones (excluding diaryl/α,β-unsaturated/α-hetero) is 1. The summed E-state index contributed by atoms with van der Waals surface area (Å²) in [5, 5.41) is 3.19. The van der Waals surface area contributed by atoms with E-state index in [-0.39, 0.29) is 18.0 Å². The van der Waals surface area contributed by atoms with E-state index in [9.17, 15) is 9.59 Å². The zero-order chi connectivity index (χ0) is 13.9. The Hall–Kier alpha value is -1.06. The third-order valence-electron chi connectivity index (χ3n) is 5.31. The van der Waals surface area contributed by atoms with Gasteiger partial charge >= 0.3 is 6.03 Å². The van der Waals surface area contributed by atoms with Gasteiger partial charge in [0.25, 0.3) is 0 Å². The number of nitrogens with zero attached hydrogens (tertiary/aromatic N) is 1. The van der Waals surface area contributed by atoms with Gasteiger partial charge in [0.1, 0.15) is 5.78 Å². The lowest BCUT2D eigenvalue weighted by molar-refractivity contribution is -0.122. The number of likely N-dealkylation sites (tertiary alicyclic amines) is 1. The molecule has 0 aromatic carbocycles. The fourth-order valence-corrected chi connectivity index (χ4v) is 4.21. The second-order valence-electron chi connectivity index (χ2n) is 6.65. The van der Waals surface area contributed by atoms with Crippen LogP contribution in [0.4, 0.5) is 4.79 Å². The minimum Gasteiger partial charge on any atom is -0.335 e. The molecule has 4 heteroatoms. The topological polar surface area (TPSA) is 49.4 Å². The van der Waals surface area contributed by atoms with Gasteiger partial charge in [-0.1, -0.05) is 12.8 Å². The van der Waals surface area contributed by atoms with Gasteiger partial charge in [0.2, 0.25) is 0 Å². The van der Waals surface area contributed by atoms with Crippen molar-refractivity contribution in [2.45, 2.75) is 76.3 Å². The van der Waals surface area contributed by atoms with Gasteiger partial charge in [-0.15, -0.1) is 0 Å². The summed E-state index contributed by atoms with van der Waals surface area (Å²) < 4.78 is 0. The van der Waals surface area contributed by atoms with Gasteiger partial charge in [0, 0.05) is 31.0 Å². The summed E-state index contributed by atoms with van der Waals surface area (Å²) in [7, 11) is 0. The third kappa shape index (κ3) is 2.84. The summed E-state index contributed by atoms with van der Waals surface area (Å²) in [6.07, 6.45) is 10.7. The number of urea groups is 1. The van der Waals surface area contributed by atoms with E-state index in [0.717, 1.165) is 57.9 Å². The first-order valence-electron chi connectivity index (χ1n) is 8.35. The van der Waals surface area contributed by atoms with Crippen molar-refractivity contribution in [2.24, 2.45) is 5.92 Å². The first-order chi connectivity index (χ1) is 9.75. The van der Waals surface area contributed by atoms with Crippen LogP contribution in [0.3, 0.4) is 0 Å². The summed E-state index contributed by atoms with van der Waals surface area (Å²) in [6, 6.07) is 0.616. The lowest BCUT2D eigenvalue weighted by atomic mass is 9.88. The van der Waals surface area contributed by atoms with Crippen LogP contribution in [0.5, 0.6) is 0 Å². The Bertz CT molecular complexity index is 377. The van der Waals surface area contributed by atoms with Crippen LogP contribution in [-0.4, -0.2) is 35.3 Å². The molecule has 1 heterocycles. The minimum atomic E-state index is 0.0845. The normalized spacial score (nSPS) is 31.8. The molecule has 2 saturated carbocycles.